The number of alkyl halides is 1. The number of halogens is 1. The van der Waals surface area contributed by atoms with Crippen molar-refractivity contribution in [2.75, 3.05) is 24.4 Å². The van der Waals surface area contributed by atoms with E-state index in [1.165, 1.54) is 12.0 Å². The van der Waals surface area contributed by atoms with Gasteiger partial charge in [0.05, 0.1) is 36.9 Å². The Bertz CT molecular complexity index is 503. The van der Waals surface area contributed by atoms with E-state index in [1.54, 1.807) is 18.2 Å². The lowest BCUT2D eigenvalue weighted by Gasteiger charge is -2.19. The second kappa shape index (κ2) is 4.96. The maximum absolute atomic E-state index is 11.8. The fourth-order valence-corrected chi connectivity index (χ4v) is 1.94. The van der Waals surface area contributed by atoms with Crippen molar-refractivity contribution in [1.82, 2.24) is 0 Å². The van der Waals surface area contributed by atoms with Crippen LogP contribution in [0.15, 0.2) is 18.2 Å². The van der Waals surface area contributed by atoms with E-state index in [0.29, 0.717) is 17.0 Å². The summed E-state index contributed by atoms with van der Waals surface area (Å²) in [6, 6.07) is 4.76. The van der Waals surface area contributed by atoms with E-state index in [9.17, 15) is 14.7 Å². The quantitative estimate of drug-likeness (QED) is 0.649. The van der Waals surface area contributed by atoms with Gasteiger partial charge in [-0.25, -0.2) is 0 Å². The first-order valence-electron chi connectivity index (χ1n) is 5.36. The molecule has 1 aromatic carbocycles. The number of aliphatic hydroxyl groups excluding tert-OH is 1. The zero-order valence-corrected chi connectivity index (χ0v) is 10.5. The molecule has 6 heteroatoms. The first kappa shape index (κ1) is 12.9. The van der Waals surface area contributed by atoms with Gasteiger partial charge in [-0.1, -0.05) is 0 Å². The summed E-state index contributed by atoms with van der Waals surface area (Å²) in [5.74, 6) is -0.685. The molecule has 0 saturated heterocycles. The summed E-state index contributed by atoms with van der Waals surface area (Å²) in [7, 11) is 1.50. The number of carbonyl (C=O) groups excluding carboxylic acids is 2. The normalized spacial score (nSPS) is 15.8. The lowest BCUT2D eigenvalue weighted by Crippen LogP contribution is -2.37. The van der Waals surface area contributed by atoms with Crippen LogP contribution in [-0.2, 0) is 4.79 Å². The number of rotatable bonds is 4. The van der Waals surface area contributed by atoms with Crippen LogP contribution >= 0.6 is 11.6 Å². The van der Waals surface area contributed by atoms with Gasteiger partial charge in [0, 0.05) is 6.07 Å². The number of fused-ring (bicyclic) bond motifs is 1. The highest BCUT2D eigenvalue weighted by Gasteiger charge is 2.36. The molecule has 1 heterocycles. The molecule has 0 fully saturated rings. The number of carbonyl (C=O) groups is 2. The van der Waals surface area contributed by atoms with Gasteiger partial charge < -0.3 is 14.7 Å². The van der Waals surface area contributed by atoms with Crippen molar-refractivity contribution in [3.8, 4) is 5.75 Å². The first-order valence-corrected chi connectivity index (χ1v) is 5.90. The Morgan fingerprint density at radius 1 is 1.44 bits per heavy atom. The molecule has 0 aliphatic carbocycles. The number of methoxy groups -OCH3 is 1. The zero-order chi connectivity index (χ0) is 13.3. The Hall–Kier alpha value is -1.59. The molecule has 1 unspecified atom stereocenters. The van der Waals surface area contributed by atoms with Crippen LogP contribution in [0.25, 0.3) is 0 Å². The highest BCUT2D eigenvalue weighted by atomic mass is 35.5. The Morgan fingerprint density at radius 2 is 2.17 bits per heavy atom. The van der Waals surface area contributed by atoms with Crippen LogP contribution in [0.1, 0.15) is 10.4 Å². The molecule has 1 aromatic rings. The monoisotopic (exact) mass is 269 g/mol. The van der Waals surface area contributed by atoms with Crippen LogP contribution in [0.4, 0.5) is 5.69 Å². The molecule has 0 saturated carbocycles. The summed E-state index contributed by atoms with van der Waals surface area (Å²) in [5.41, 5.74) is 0.774. The van der Waals surface area contributed by atoms with Gasteiger partial charge in [0.2, 0.25) is 0 Å². The van der Waals surface area contributed by atoms with Gasteiger partial charge in [-0.3, -0.25) is 9.59 Å². The van der Waals surface area contributed by atoms with Gasteiger partial charge in [0.1, 0.15) is 5.75 Å². The van der Waals surface area contributed by atoms with Crippen molar-refractivity contribution in [2.45, 2.75) is 6.10 Å². The number of Topliss-reactive ketones (excluding diaryl/α,β-unsaturated/α-hetero) is 1. The van der Waals surface area contributed by atoms with E-state index in [0.717, 1.165) is 0 Å². The van der Waals surface area contributed by atoms with Crippen LogP contribution in [0.3, 0.4) is 0 Å². The van der Waals surface area contributed by atoms with Crippen molar-refractivity contribution < 1.29 is 19.4 Å². The molecule has 96 valence electrons. The van der Waals surface area contributed by atoms with Crippen LogP contribution in [-0.4, -0.2) is 42.4 Å². The highest BCUT2D eigenvalue weighted by Crippen LogP contribution is 2.32. The molecule has 18 heavy (non-hydrogen) atoms. The fraction of sp³-hybridized carbons (Fsp3) is 0.333. The number of hydrogen-bond acceptors (Lipinski definition) is 4. The van der Waals surface area contributed by atoms with Crippen LogP contribution in [0.2, 0.25) is 0 Å². The SMILES string of the molecule is COc1ccc2c(c1)N(CC(O)CCl)C(=O)C2=O. The van der Waals surface area contributed by atoms with E-state index in [-0.39, 0.29) is 12.4 Å². The molecule has 1 amide bonds. The third kappa shape index (κ3) is 2.07. The topological polar surface area (TPSA) is 66.8 Å². The number of aliphatic hydroxyl groups is 1. The Morgan fingerprint density at radius 3 is 2.78 bits per heavy atom. The summed E-state index contributed by atoms with van der Waals surface area (Å²) in [6.07, 6.45) is -0.874. The first-order chi connectivity index (χ1) is 8.58. The molecular weight excluding hydrogens is 258 g/mol. The number of benzene rings is 1. The van der Waals surface area contributed by atoms with Gasteiger partial charge in [0.25, 0.3) is 11.7 Å². The standard InChI is InChI=1S/C12H12ClNO4/c1-18-8-2-3-9-10(4-8)14(6-7(15)5-13)12(17)11(9)16/h2-4,7,15H,5-6H2,1H3. The zero-order valence-electron chi connectivity index (χ0n) is 9.72. The van der Waals surface area contributed by atoms with Crippen molar-refractivity contribution in [1.29, 1.82) is 0 Å². The van der Waals surface area contributed by atoms with E-state index >= 15 is 0 Å². The van der Waals surface area contributed by atoms with Crippen LogP contribution in [0, 0.1) is 0 Å². The maximum atomic E-state index is 11.8. The second-order valence-corrected chi connectivity index (χ2v) is 4.24. The predicted octanol–water partition coefficient (Wildman–Crippen LogP) is 0.824. The summed E-state index contributed by atoms with van der Waals surface area (Å²) in [4.78, 5) is 24.8. The van der Waals surface area contributed by atoms with Crippen LogP contribution < -0.4 is 9.64 Å². The molecule has 0 aromatic heterocycles. The van der Waals surface area contributed by atoms with Crippen molar-refractivity contribution in [2.24, 2.45) is 0 Å². The lowest BCUT2D eigenvalue weighted by atomic mass is 10.1. The minimum atomic E-state index is -0.874. The Balaban J connectivity index is 2.39. The summed E-state index contributed by atoms with van der Waals surface area (Å²) in [6.45, 7) is -0.00571. The van der Waals surface area contributed by atoms with E-state index in [4.69, 9.17) is 16.3 Å². The third-order valence-electron chi connectivity index (χ3n) is 2.75. The lowest BCUT2D eigenvalue weighted by molar-refractivity contribution is -0.114. The summed E-state index contributed by atoms with van der Waals surface area (Å²) in [5, 5.41) is 9.51. The molecular formula is C12H12ClNO4. The van der Waals surface area contributed by atoms with Crippen molar-refractivity contribution >= 4 is 29.0 Å². The summed E-state index contributed by atoms with van der Waals surface area (Å²) < 4.78 is 5.05. The van der Waals surface area contributed by atoms with Gasteiger partial charge in [0.15, 0.2) is 0 Å². The van der Waals surface area contributed by atoms with Gasteiger partial charge in [-0.15, -0.1) is 11.6 Å². The molecule has 1 aliphatic heterocycles. The van der Waals surface area contributed by atoms with Gasteiger partial charge >= 0.3 is 0 Å². The van der Waals surface area contributed by atoms with Gasteiger partial charge in [-0.05, 0) is 12.1 Å². The van der Waals surface area contributed by atoms with E-state index in [2.05, 4.69) is 0 Å². The number of ether oxygens (including phenoxy) is 1. The third-order valence-corrected chi connectivity index (χ3v) is 3.11. The molecule has 1 aliphatic rings. The largest absolute Gasteiger partial charge is 0.497 e. The van der Waals surface area contributed by atoms with Crippen LogP contribution in [0.5, 0.6) is 5.75 Å². The predicted molar refractivity (Wildman–Crippen MR) is 66.4 cm³/mol. The number of anilines is 1. The molecule has 0 spiro atoms. The number of ketones is 1. The maximum Gasteiger partial charge on any atom is 0.299 e. The highest BCUT2D eigenvalue weighted by molar-refractivity contribution is 6.52. The summed E-state index contributed by atoms with van der Waals surface area (Å²) >= 11 is 5.50. The Labute approximate surface area is 109 Å². The Kier molecular flexibility index (Phi) is 3.54. The average molecular weight is 270 g/mol. The molecule has 1 atom stereocenters. The molecule has 1 N–H and O–H groups in total. The van der Waals surface area contributed by atoms with E-state index < -0.39 is 17.8 Å². The molecule has 0 radical (unpaired) electrons. The number of hydrogen-bond donors (Lipinski definition) is 1. The molecule has 2 rings (SSSR count). The van der Waals surface area contributed by atoms with Gasteiger partial charge in [-0.2, -0.15) is 0 Å². The second-order valence-electron chi connectivity index (χ2n) is 3.94. The molecule has 5 nitrogen and oxygen atoms in total. The smallest absolute Gasteiger partial charge is 0.299 e. The minimum Gasteiger partial charge on any atom is -0.497 e. The fourth-order valence-electron chi connectivity index (χ4n) is 1.84. The number of amides is 1. The van der Waals surface area contributed by atoms with Crippen molar-refractivity contribution in [3.05, 3.63) is 23.8 Å². The number of nitrogens with zero attached hydrogens (tertiary/aromatic N) is 1. The molecule has 0 bridgehead atoms. The number of β-amino-alcohol motifs (C(OH)–C–C–N with tert-alkyl or cyclic N) is 1. The minimum absolute atomic E-state index is 0.00271. The average Bonchev–Trinajstić information content (AvgIpc) is 2.63. The van der Waals surface area contributed by atoms with E-state index in [1.807, 2.05) is 0 Å². The van der Waals surface area contributed by atoms with Crippen molar-refractivity contribution in [3.63, 3.8) is 0 Å².